The van der Waals surface area contributed by atoms with Gasteiger partial charge in [-0.05, 0) is 55.5 Å². The van der Waals surface area contributed by atoms with Crippen molar-refractivity contribution in [1.82, 2.24) is 0 Å². The molecular formula is C19H22ClNO. The predicted octanol–water partition coefficient (Wildman–Crippen LogP) is 5.33. The van der Waals surface area contributed by atoms with Crippen LogP contribution in [-0.4, -0.2) is 5.91 Å². The lowest BCUT2D eigenvalue weighted by Gasteiger charge is -2.17. The van der Waals surface area contributed by atoms with E-state index < -0.39 is 0 Å². The summed E-state index contributed by atoms with van der Waals surface area (Å²) in [5, 5.41) is 3.79. The molecule has 2 rings (SSSR count). The second-order valence-corrected chi connectivity index (χ2v) is 5.95. The molecule has 3 heteroatoms. The maximum absolute atomic E-state index is 12.7. The van der Waals surface area contributed by atoms with E-state index in [4.69, 9.17) is 11.6 Å². The number of carbonyl (C=O) groups is 1. The molecule has 22 heavy (non-hydrogen) atoms. The summed E-state index contributed by atoms with van der Waals surface area (Å²) in [5.41, 5.74) is 5.74. The average Bonchev–Trinajstić information content (AvgIpc) is 2.50. The van der Waals surface area contributed by atoms with Crippen LogP contribution in [-0.2, 0) is 12.8 Å². The third-order valence-electron chi connectivity index (χ3n) is 3.95. The summed E-state index contributed by atoms with van der Waals surface area (Å²) in [6.45, 7) is 8.07. The highest BCUT2D eigenvalue weighted by molar-refractivity contribution is 6.32. The SMILES string of the molecule is CCc1ccc(Cl)c(CC)c1NC(=O)c1cc(C)ccc1C. The van der Waals surface area contributed by atoms with Crippen molar-refractivity contribution in [3.8, 4) is 0 Å². The third kappa shape index (κ3) is 3.33. The molecular weight excluding hydrogens is 294 g/mol. The molecule has 0 unspecified atom stereocenters. The van der Waals surface area contributed by atoms with Crippen LogP contribution in [0.3, 0.4) is 0 Å². The Bertz CT molecular complexity index is 707. The van der Waals surface area contributed by atoms with Crippen molar-refractivity contribution in [2.45, 2.75) is 40.5 Å². The number of hydrogen-bond acceptors (Lipinski definition) is 1. The Morgan fingerprint density at radius 3 is 2.45 bits per heavy atom. The van der Waals surface area contributed by atoms with E-state index in [1.165, 1.54) is 0 Å². The van der Waals surface area contributed by atoms with Gasteiger partial charge in [-0.2, -0.15) is 0 Å². The van der Waals surface area contributed by atoms with Crippen molar-refractivity contribution < 1.29 is 4.79 Å². The molecule has 0 heterocycles. The number of benzene rings is 2. The minimum Gasteiger partial charge on any atom is -0.321 e. The molecule has 2 aromatic rings. The van der Waals surface area contributed by atoms with Gasteiger partial charge in [0.15, 0.2) is 0 Å². The van der Waals surface area contributed by atoms with Gasteiger partial charge in [-0.1, -0.05) is 49.2 Å². The molecule has 0 saturated carbocycles. The number of amides is 1. The topological polar surface area (TPSA) is 29.1 Å². The van der Waals surface area contributed by atoms with Gasteiger partial charge in [0.1, 0.15) is 0 Å². The summed E-state index contributed by atoms with van der Waals surface area (Å²) in [4.78, 5) is 12.7. The number of halogens is 1. The zero-order valence-corrected chi connectivity index (χ0v) is 14.3. The molecule has 0 aromatic heterocycles. The van der Waals surface area contributed by atoms with Gasteiger partial charge in [0.25, 0.3) is 5.91 Å². The Morgan fingerprint density at radius 2 is 1.82 bits per heavy atom. The lowest BCUT2D eigenvalue weighted by Crippen LogP contribution is -2.16. The maximum Gasteiger partial charge on any atom is 0.255 e. The van der Waals surface area contributed by atoms with Gasteiger partial charge in [0, 0.05) is 16.3 Å². The molecule has 0 saturated heterocycles. The van der Waals surface area contributed by atoms with E-state index in [0.29, 0.717) is 10.6 Å². The molecule has 0 radical (unpaired) electrons. The molecule has 2 aromatic carbocycles. The molecule has 0 aliphatic rings. The van der Waals surface area contributed by atoms with Gasteiger partial charge < -0.3 is 5.32 Å². The number of carbonyl (C=O) groups excluding carboxylic acids is 1. The van der Waals surface area contributed by atoms with Gasteiger partial charge in [0.2, 0.25) is 0 Å². The van der Waals surface area contributed by atoms with Crippen molar-refractivity contribution in [2.75, 3.05) is 5.32 Å². The zero-order valence-electron chi connectivity index (χ0n) is 13.6. The van der Waals surface area contributed by atoms with Crippen LogP contribution in [0.25, 0.3) is 0 Å². The van der Waals surface area contributed by atoms with Crippen LogP contribution in [0.1, 0.15) is 46.5 Å². The van der Waals surface area contributed by atoms with Gasteiger partial charge >= 0.3 is 0 Å². The quantitative estimate of drug-likeness (QED) is 0.811. The lowest BCUT2D eigenvalue weighted by molar-refractivity contribution is 0.102. The fraction of sp³-hybridized carbons (Fsp3) is 0.316. The Labute approximate surface area is 137 Å². The smallest absolute Gasteiger partial charge is 0.255 e. The van der Waals surface area contributed by atoms with Crippen molar-refractivity contribution in [2.24, 2.45) is 0 Å². The summed E-state index contributed by atoms with van der Waals surface area (Å²) in [7, 11) is 0. The van der Waals surface area contributed by atoms with Gasteiger partial charge in [-0.15, -0.1) is 0 Å². The van der Waals surface area contributed by atoms with E-state index in [1.54, 1.807) is 0 Å². The molecule has 0 fully saturated rings. The monoisotopic (exact) mass is 315 g/mol. The number of aryl methyl sites for hydroxylation is 3. The predicted molar refractivity (Wildman–Crippen MR) is 94.1 cm³/mol. The van der Waals surface area contributed by atoms with Crippen molar-refractivity contribution >= 4 is 23.2 Å². The van der Waals surface area contributed by atoms with Crippen molar-refractivity contribution in [1.29, 1.82) is 0 Å². The first-order valence-electron chi connectivity index (χ1n) is 7.66. The van der Waals surface area contributed by atoms with Crippen LogP contribution in [0.4, 0.5) is 5.69 Å². The molecule has 1 N–H and O–H groups in total. The van der Waals surface area contributed by atoms with Crippen LogP contribution in [0.2, 0.25) is 5.02 Å². The number of rotatable bonds is 4. The van der Waals surface area contributed by atoms with E-state index >= 15 is 0 Å². The highest BCUT2D eigenvalue weighted by Gasteiger charge is 2.15. The largest absolute Gasteiger partial charge is 0.321 e. The number of hydrogen-bond donors (Lipinski definition) is 1. The Balaban J connectivity index is 2.44. The lowest BCUT2D eigenvalue weighted by atomic mass is 10.0. The minimum absolute atomic E-state index is 0.0760. The average molecular weight is 316 g/mol. The fourth-order valence-corrected chi connectivity index (χ4v) is 2.92. The van der Waals surface area contributed by atoms with Crippen LogP contribution in [0, 0.1) is 13.8 Å². The molecule has 0 spiro atoms. The van der Waals surface area contributed by atoms with Crippen LogP contribution in [0.15, 0.2) is 30.3 Å². The third-order valence-corrected chi connectivity index (χ3v) is 4.31. The van der Waals surface area contributed by atoms with Crippen LogP contribution < -0.4 is 5.32 Å². The molecule has 1 amide bonds. The minimum atomic E-state index is -0.0760. The normalized spacial score (nSPS) is 10.6. The van der Waals surface area contributed by atoms with Gasteiger partial charge in [-0.25, -0.2) is 0 Å². The van der Waals surface area contributed by atoms with E-state index in [9.17, 15) is 4.79 Å². The van der Waals surface area contributed by atoms with E-state index in [0.717, 1.165) is 40.8 Å². The molecule has 0 aliphatic heterocycles. The van der Waals surface area contributed by atoms with E-state index in [1.807, 2.05) is 51.1 Å². The van der Waals surface area contributed by atoms with Crippen molar-refractivity contribution in [3.05, 3.63) is 63.2 Å². The molecule has 0 aliphatic carbocycles. The summed E-state index contributed by atoms with van der Waals surface area (Å²) in [6.07, 6.45) is 1.64. The van der Waals surface area contributed by atoms with Crippen LogP contribution >= 0.6 is 11.6 Å². The summed E-state index contributed by atoms with van der Waals surface area (Å²) < 4.78 is 0. The molecule has 116 valence electrons. The van der Waals surface area contributed by atoms with Crippen molar-refractivity contribution in [3.63, 3.8) is 0 Å². The van der Waals surface area contributed by atoms with E-state index in [2.05, 4.69) is 12.2 Å². The second kappa shape index (κ2) is 6.97. The first-order valence-corrected chi connectivity index (χ1v) is 8.04. The fourth-order valence-electron chi connectivity index (χ4n) is 2.63. The highest BCUT2D eigenvalue weighted by Crippen LogP contribution is 2.30. The number of nitrogens with one attached hydrogen (secondary N) is 1. The summed E-state index contributed by atoms with van der Waals surface area (Å²) in [6, 6.07) is 9.81. The Kier molecular flexibility index (Phi) is 5.25. The molecule has 2 nitrogen and oxygen atoms in total. The number of anilines is 1. The summed E-state index contributed by atoms with van der Waals surface area (Å²) >= 11 is 6.29. The van der Waals surface area contributed by atoms with Crippen LogP contribution in [0.5, 0.6) is 0 Å². The molecule has 0 atom stereocenters. The first kappa shape index (κ1) is 16.6. The second-order valence-electron chi connectivity index (χ2n) is 5.54. The van der Waals surface area contributed by atoms with Gasteiger partial charge in [0.05, 0.1) is 0 Å². The highest BCUT2D eigenvalue weighted by atomic mass is 35.5. The van der Waals surface area contributed by atoms with E-state index in [-0.39, 0.29) is 5.91 Å². The standard InChI is InChI=1S/C19H22ClNO/c1-5-14-9-10-17(20)15(6-2)18(14)21-19(22)16-11-12(3)7-8-13(16)4/h7-11H,5-6H2,1-4H3,(H,21,22). The maximum atomic E-state index is 12.7. The Morgan fingerprint density at radius 1 is 1.09 bits per heavy atom. The molecule has 0 bridgehead atoms. The summed E-state index contributed by atoms with van der Waals surface area (Å²) in [5.74, 6) is -0.0760. The first-order chi connectivity index (χ1) is 10.5. The zero-order chi connectivity index (χ0) is 16.3. The Hall–Kier alpha value is -1.80. The van der Waals surface area contributed by atoms with Gasteiger partial charge in [-0.3, -0.25) is 4.79 Å².